The van der Waals surface area contributed by atoms with Crippen molar-refractivity contribution in [2.45, 2.75) is 83.3 Å². The number of hydrogen-bond acceptors (Lipinski definition) is 5. The SMILES string of the molecule is CC(C)(C)OC(=O)N1C[C@H](OCc2ccccc2)C[C@@H]1C(=O)OC1CCCC1. The zero-order valence-corrected chi connectivity index (χ0v) is 17.1. The van der Waals surface area contributed by atoms with Crippen molar-refractivity contribution >= 4 is 12.1 Å². The molecule has 154 valence electrons. The molecular weight excluding hydrogens is 358 g/mol. The first-order chi connectivity index (χ1) is 13.3. The first kappa shape index (κ1) is 20.6. The van der Waals surface area contributed by atoms with Crippen molar-refractivity contribution in [2.24, 2.45) is 0 Å². The highest BCUT2D eigenvalue weighted by Crippen LogP contribution is 2.27. The molecule has 1 amide bonds. The van der Waals surface area contributed by atoms with E-state index in [0.717, 1.165) is 31.2 Å². The Morgan fingerprint density at radius 1 is 1.07 bits per heavy atom. The molecule has 6 nitrogen and oxygen atoms in total. The van der Waals surface area contributed by atoms with E-state index in [0.29, 0.717) is 19.6 Å². The van der Waals surface area contributed by atoms with Crippen LogP contribution in [-0.2, 0) is 25.6 Å². The molecule has 2 atom stereocenters. The Labute approximate surface area is 167 Å². The van der Waals surface area contributed by atoms with Crippen molar-refractivity contribution < 1.29 is 23.8 Å². The van der Waals surface area contributed by atoms with Crippen LogP contribution in [0.15, 0.2) is 30.3 Å². The highest BCUT2D eigenvalue weighted by molar-refractivity contribution is 5.82. The zero-order valence-electron chi connectivity index (χ0n) is 17.1. The van der Waals surface area contributed by atoms with Crippen LogP contribution in [0.25, 0.3) is 0 Å². The lowest BCUT2D eigenvalue weighted by Gasteiger charge is -2.28. The minimum atomic E-state index is -0.656. The van der Waals surface area contributed by atoms with Crippen molar-refractivity contribution in [3.05, 3.63) is 35.9 Å². The van der Waals surface area contributed by atoms with Gasteiger partial charge >= 0.3 is 12.1 Å². The number of amides is 1. The normalized spacial score (nSPS) is 23.0. The fraction of sp³-hybridized carbons (Fsp3) is 0.636. The Balaban J connectivity index is 1.64. The van der Waals surface area contributed by atoms with Crippen LogP contribution in [0.1, 0.15) is 58.4 Å². The van der Waals surface area contributed by atoms with Gasteiger partial charge < -0.3 is 14.2 Å². The van der Waals surface area contributed by atoms with Crippen LogP contribution in [0.4, 0.5) is 4.79 Å². The second-order valence-electron chi connectivity index (χ2n) is 8.65. The minimum Gasteiger partial charge on any atom is -0.461 e. The molecule has 3 rings (SSSR count). The molecule has 0 radical (unpaired) electrons. The quantitative estimate of drug-likeness (QED) is 0.711. The summed E-state index contributed by atoms with van der Waals surface area (Å²) >= 11 is 0. The van der Waals surface area contributed by atoms with Gasteiger partial charge in [0.15, 0.2) is 0 Å². The summed E-state index contributed by atoms with van der Waals surface area (Å²) in [6, 6.07) is 9.21. The second-order valence-corrected chi connectivity index (χ2v) is 8.65. The van der Waals surface area contributed by atoms with Gasteiger partial charge in [-0.05, 0) is 52.0 Å². The Morgan fingerprint density at radius 2 is 1.75 bits per heavy atom. The van der Waals surface area contributed by atoms with Gasteiger partial charge in [0.25, 0.3) is 0 Å². The van der Waals surface area contributed by atoms with E-state index >= 15 is 0 Å². The van der Waals surface area contributed by atoms with Gasteiger partial charge in [-0.2, -0.15) is 0 Å². The molecule has 0 spiro atoms. The zero-order chi connectivity index (χ0) is 20.1. The monoisotopic (exact) mass is 389 g/mol. The molecule has 2 aliphatic rings. The Kier molecular flexibility index (Phi) is 6.60. The highest BCUT2D eigenvalue weighted by Gasteiger charge is 2.43. The van der Waals surface area contributed by atoms with Gasteiger partial charge in [0.1, 0.15) is 17.7 Å². The lowest BCUT2D eigenvalue weighted by molar-refractivity contribution is -0.154. The molecule has 0 bridgehead atoms. The first-order valence-electron chi connectivity index (χ1n) is 10.2. The topological polar surface area (TPSA) is 65.1 Å². The summed E-state index contributed by atoms with van der Waals surface area (Å²) in [6.07, 6.45) is 3.65. The van der Waals surface area contributed by atoms with Gasteiger partial charge in [0.05, 0.1) is 19.3 Å². The summed E-state index contributed by atoms with van der Waals surface area (Å²) in [6.45, 7) is 6.22. The third kappa shape index (κ3) is 5.71. The van der Waals surface area contributed by atoms with Crippen molar-refractivity contribution in [3.63, 3.8) is 0 Å². The largest absolute Gasteiger partial charge is 0.461 e. The van der Waals surface area contributed by atoms with Crippen LogP contribution >= 0.6 is 0 Å². The number of carbonyl (C=O) groups is 2. The van der Waals surface area contributed by atoms with E-state index in [2.05, 4.69) is 0 Å². The lowest BCUT2D eigenvalue weighted by Crippen LogP contribution is -2.44. The number of rotatable bonds is 5. The molecule has 2 fully saturated rings. The Hall–Kier alpha value is -2.08. The van der Waals surface area contributed by atoms with Crippen LogP contribution in [0, 0.1) is 0 Å². The standard InChI is InChI=1S/C22H31NO5/c1-22(2,3)28-21(25)23-14-18(26-15-16-9-5-4-6-10-16)13-19(23)20(24)27-17-11-7-8-12-17/h4-6,9-10,17-19H,7-8,11-15H2,1-3H3/t18-,19-/m1/s1. The van der Waals surface area contributed by atoms with Crippen molar-refractivity contribution in [1.29, 1.82) is 0 Å². The second kappa shape index (κ2) is 8.95. The van der Waals surface area contributed by atoms with E-state index in [9.17, 15) is 9.59 Å². The van der Waals surface area contributed by atoms with E-state index in [4.69, 9.17) is 14.2 Å². The minimum absolute atomic E-state index is 0.0303. The number of ether oxygens (including phenoxy) is 3. The average Bonchev–Trinajstić information content (AvgIpc) is 3.29. The van der Waals surface area contributed by atoms with Crippen molar-refractivity contribution in [2.75, 3.05) is 6.54 Å². The number of benzene rings is 1. The van der Waals surface area contributed by atoms with E-state index in [1.807, 2.05) is 51.1 Å². The molecule has 1 saturated heterocycles. The van der Waals surface area contributed by atoms with Gasteiger partial charge in [-0.15, -0.1) is 0 Å². The van der Waals surface area contributed by atoms with Gasteiger partial charge in [0.2, 0.25) is 0 Å². The smallest absolute Gasteiger partial charge is 0.411 e. The summed E-state index contributed by atoms with van der Waals surface area (Å²) < 4.78 is 17.2. The number of esters is 1. The average molecular weight is 389 g/mol. The molecule has 0 N–H and O–H groups in total. The van der Waals surface area contributed by atoms with Crippen molar-refractivity contribution in [1.82, 2.24) is 4.90 Å². The molecule has 6 heteroatoms. The molecule has 1 aliphatic carbocycles. The molecule has 1 heterocycles. The van der Waals surface area contributed by atoms with E-state index in [1.54, 1.807) is 0 Å². The number of hydrogen-bond donors (Lipinski definition) is 0. The van der Waals surface area contributed by atoms with Gasteiger partial charge in [0, 0.05) is 6.42 Å². The maximum absolute atomic E-state index is 12.8. The van der Waals surface area contributed by atoms with Gasteiger partial charge in [-0.1, -0.05) is 30.3 Å². The molecule has 1 saturated carbocycles. The third-order valence-corrected chi connectivity index (χ3v) is 5.08. The Bertz CT molecular complexity index is 663. The summed E-state index contributed by atoms with van der Waals surface area (Å²) in [5, 5.41) is 0. The maximum Gasteiger partial charge on any atom is 0.411 e. The Morgan fingerprint density at radius 3 is 2.39 bits per heavy atom. The summed E-state index contributed by atoms with van der Waals surface area (Å²) in [7, 11) is 0. The van der Waals surface area contributed by atoms with E-state index < -0.39 is 17.7 Å². The molecule has 0 unspecified atom stereocenters. The predicted molar refractivity (Wildman–Crippen MR) is 105 cm³/mol. The van der Waals surface area contributed by atoms with Crippen molar-refractivity contribution in [3.8, 4) is 0 Å². The van der Waals surface area contributed by atoms with Crippen LogP contribution in [0.2, 0.25) is 0 Å². The van der Waals surface area contributed by atoms with Crippen LogP contribution in [-0.4, -0.2) is 47.4 Å². The summed E-state index contributed by atoms with van der Waals surface area (Å²) in [4.78, 5) is 26.9. The third-order valence-electron chi connectivity index (χ3n) is 5.08. The molecule has 1 aromatic rings. The van der Waals surface area contributed by atoms with Gasteiger partial charge in [-0.25, -0.2) is 9.59 Å². The van der Waals surface area contributed by atoms with Gasteiger partial charge in [-0.3, -0.25) is 4.90 Å². The van der Waals surface area contributed by atoms with Crippen LogP contribution in [0.5, 0.6) is 0 Å². The fourth-order valence-corrected chi connectivity index (χ4v) is 3.70. The first-order valence-corrected chi connectivity index (χ1v) is 10.2. The fourth-order valence-electron chi connectivity index (χ4n) is 3.70. The molecule has 0 aromatic heterocycles. The number of nitrogens with zero attached hydrogens (tertiary/aromatic N) is 1. The molecular formula is C22H31NO5. The van der Waals surface area contributed by atoms with Crippen LogP contribution in [0.3, 0.4) is 0 Å². The summed E-state index contributed by atoms with van der Waals surface area (Å²) in [5.74, 6) is -0.344. The van der Waals surface area contributed by atoms with E-state index in [1.165, 1.54) is 4.90 Å². The number of carbonyl (C=O) groups excluding carboxylic acids is 2. The molecule has 28 heavy (non-hydrogen) atoms. The lowest BCUT2D eigenvalue weighted by atomic mass is 10.2. The predicted octanol–water partition coefficient (Wildman–Crippen LogP) is 4.07. The highest BCUT2D eigenvalue weighted by atomic mass is 16.6. The maximum atomic E-state index is 12.8. The summed E-state index contributed by atoms with van der Waals surface area (Å²) in [5.41, 5.74) is 0.434. The molecule has 1 aliphatic heterocycles. The van der Waals surface area contributed by atoms with Crippen LogP contribution < -0.4 is 0 Å². The number of likely N-dealkylation sites (tertiary alicyclic amines) is 1. The molecule has 1 aromatic carbocycles. The van der Waals surface area contributed by atoms with E-state index in [-0.39, 0.29) is 18.2 Å².